The standard InChI is InChI=1S/C22H32F2N2O5S/c1-13-5-6-19(31-22(23)24)16(9-13)21(27)25-18-12-30-20(10-15(18)3)17-11-26(32(4,28)29)8-7-14(17)2/h5-6,9,14-15,17-18,20,22H,7-8,10-12H2,1-4H3,(H,25,27)/t14-,15-,17?,18?,20?/m1/s1. The van der Waals surface area contributed by atoms with Gasteiger partial charge in [0.15, 0.2) is 0 Å². The monoisotopic (exact) mass is 474 g/mol. The van der Waals surface area contributed by atoms with Gasteiger partial charge in [-0.2, -0.15) is 8.78 Å². The van der Waals surface area contributed by atoms with E-state index in [-0.39, 0.29) is 41.9 Å². The number of rotatable bonds is 6. The molecule has 3 unspecified atom stereocenters. The number of sulfonamides is 1. The van der Waals surface area contributed by atoms with Crippen molar-refractivity contribution in [2.45, 2.75) is 52.4 Å². The first-order valence-electron chi connectivity index (χ1n) is 10.9. The molecule has 1 amide bonds. The van der Waals surface area contributed by atoms with Gasteiger partial charge in [0.1, 0.15) is 5.75 Å². The van der Waals surface area contributed by atoms with Crippen molar-refractivity contribution in [3.63, 3.8) is 0 Å². The molecular weight excluding hydrogens is 442 g/mol. The summed E-state index contributed by atoms with van der Waals surface area (Å²) in [7, 11) is -3.25. The molecule has 0 aliphatic carbocycles. The zero-order valence-electron chi connectivity index (χ0n) is 18.9. The summed E-state index contributed by atoms with van der Waals surface area (Å²) in [4.78, 5) is 12.8. The number of nitrogens with one attached hydrogen (secondary N) is 1. The summed E-state index contributed by atoms with van der Waals surface area (Å²) in [6.07, 6.45) is 2.58. The highest BCUT2D eigenvalue weighted by Gasteiger charge is 2.40. The summed E-state index contributed by atoms with van der Waals surface area (Å²) in [5, 5.41) is 2.90. The number of hydrogen-bond acceptors (Lipinski definition) is 5. The van der Waals surface area contributed by atoms with E-state index in [2.05, 4.69) is 17.0 Å². The van der Waals surface area contributed by atoms with E-state index in [1.807, 2.05) is 6.92 Å². The van der Waals surface area contributed by atoms with Gasteiger partial charge in [0.05, 0.1) is 30.6 Å². The van der Waals surface area contributed by atoms with Crippen molar-refractivity contribution in [1.82, 2.24) is 9.62 Å². The van der Waals surface area contributed by atoms with E-state index in [9.17, 15) is 22.0 Å². The molecule has 2 aliphatic rings. The molecule has 1 aromatic rings. The third-order valence-electron chi connectivity index (χ3n) is 6.62. The highest BCUT2D eigenvalue weighted by atomic mass is 32.2. The fourth-order valence-electron chi connectivity index (χ4n) is 4.59. The quantitative estimate of drug-likeness (QED) is 0.685. The Morgan fingerprint density at radius 1 is 1.28 bits per heavy atom. The summed E-state index contributed by atoms with van der Waals surface area (Å²) in [6, 6.07) is 4.21. The lowest BCUT2D eigenvalue weighted by atomic mass is 9.78. The molecule has 3 rings (SSSR count). The maximum atomic E-state index is 12.8. The number of piperidine rings is 1. The van der Waals surface area contributed by atoms with Crippen LogP contribution in [-0.4, -0.2) is 63.3 Å². The molecule has 0 spiro atoms. The van der Waals surface area contributed by atoms with Crippen molar-refractivity contribution in [2.75, 3.05) is 26.0 Å². The molecule has 1 aromatic carbocycles. The maximum absolute atomic E-state index is 12.8. The lowest BCUT2D eigenvalue weighted by molar-refractivity contribution is -0.0767. The van der Waals surface area contributed by atoms with Gasteiger partial charge in [-0.1, -0.05) is 25.5 Å². The molecule has 32 heavy (non-hydrogen) atoms. The second-order valence-corrected chi connectivity index (χ2v) is 11.1. The van der Waals surface area contributed by atoms with Crippen LogP contribution in [0.2, 0.25) is 0 Å². The van der Waals surface area contributed by atoms with Crippen LogP contribution in [0.25, 0.3) is 0 Å². The van der Waals surface area contributed by atoms with Crippen molar-refractivity contribution >= 4 is 15.9 Å². The van der Waals surface area contributed by atoms with Crippen LogP contribution in [-0.2, 0) is 14.8 Å². The second kappa shape index (κ2) is 10.0. The zero-order chi connectivity index (χ0) is 23.6. The van der Waals surface area contributed by atoms with Crippen LogP contribution in [0.1, 0.15) is 42.6 Å². The van der Waals surface area contributed by atoms with Crippen LogP contribution < -0.4 is 10.1 Å². The Balaban J connectivity index is 1.65. The molecule has 0 bridgehead atoms. The summed E-state index contributed by atoms with van der Waals surface area (Å²) >= 11 is 0. The SMILES string of the molecule is Cc1ccc(OC(F)F)c(C(=O)NC2COC(C3CN(S(C)(=O)=O)CC[C@H]3C)C[C@H]2C)c1. The minimum absolute atomic E-state index is 0.0596. The first-order valence-corrected chi connectivity index (χ1v) is 12.7. The van der Waals surface area contributed by atoms with Crippen LogP contribution in [0.4, 0.5) is 8.78 Å². The van der Waals surface area contributed by atoms with Gasteiger partial charge in [0, 0.05) is 19.0 Å². The van der Waals surface area contributed by atoms with E-state index >= 15 is 0 Å². The van der Waals surface area contributed by atoms with Gasteiger partial charge in [-0.3, -0.25) is 4.79 Å². The molecule has 10 heteroatoms. The molecule has 2 fully saturated rings. The number of benzene rings is 1. The number of aryl methyl sites for hydroxylation is 1. The van der Waals surface area contributed by atoms with E-state index in [1.54, 1.807) is 13.0 Å². The van der Waals surface area contributed by atoms with Gasteiger partial charge < -0.3 is 14.8 Å². The topological polar surface area (TPSA) is 84.9 Å². The lowest BCUT2D eigenvalue weighted by Crippen LogP contribution is -2.53. The first-order chi connectivity index (χ1) is 15.0. The van der Waals surface area contributed by atoms with E-state index in [0.717, 1.165) is 12.0 Å². The predicted molar refractivity (Wildman–Crippen MR) is 116 cm³/mol. The molecule has 2 aliphatic heterocycles. The van der Waals surface area contributed by atoms with E-state index < -0.39 is 22.5 Å². The van der Waals surface area contributed by atoms with E-state index in [0.29, 0.717) is 25.4 Å². The average molecular weight is 475 g/mol. The normalized spacial score (nSPS) is 29.7. The summed E-state index contributed by atoms with van der Waals surface area (Å²) < 4.78 is 61.5. The molecule has 2 saturated heterocycles. The Bertz CT molecular complexity index is 927. The molecule has 0 saturated carbocycles. The van der Waals surface area contributed by atoms with E-state index in [4.69, 9.17) is 4.74 Å². The molecular formula is C22H32F2N2O5S. The second-order valence-electron chi connectivity index (χ2n) is 9.09. The van der Waals surface area contributed by atoms with Crippen molar-refractivity contribution < 1.29 is 31.5 Å². The number of ether oxygens (including phenoxy) is 2. The van der Waals surface area contributed by atoms with Gasteiger partial charge >= 0.3 is 6.61 Å². The highest BCUT2D eigenvalue weighted by Crippen LogP contribution is 2.34. The number of halogens is 2. The zero-order valence-corrected chi connectivity index (χ0v) is 19.7. The first kappa shape index (κ1) is 24.9. The Morgan fingerprint density at radius 3 is 2.62 bits per heavy atom. The number of alkyl halides is 2. The van der Waals surface area contributed by atoms with Crippen LogP contribution >= 0.6 is 0 Å². The Kier molecular flexibility index (Phi) is 7.77. The summed E-state index contributed by atoms with van der Waals surface area (Å²) in [5.41, 5.74) is 0.816. The molecule has 1 N–H and O–H groups in total. The van der Waals surface area contributed by atoms with Crippen molar-refractivity contribution in [2.24, 2.45) is 17.8 Å². The summed E-state index contributed by atoms with van der Waals surface area (Å²) in [5.74, 6) is -0.166. The third-order valence-corrected chi connectivity index (χ3v) is 7.89. The van der Waals surface area contributed by atoms with Crippen molar-refractivity contribution in [3.05, 3.63) is 29.3 Å². The minimum atomic E-state index is -3.25. The Hall–Kier alpha value is -1.78. The predicted octanol–water partition coefficient (Wildman–Crippen LogP) is 3.04. The average Bonchev–Trinajstić information content (AvgIpc) is 2.70. The highest BCUT2D eigenvalue weighted by molar-refractivity contribution is 7.88. The van der Waals surface area contributed by atoms with Gasteiger partial charge in [-0.15, -0.1) is 0 Å². The smallest absolute Gasteiger partial charge is 0.387 e. The van der Waals surface area contributed by atoms with Gasteiger partial charge in [-0.25, -0.2) is 12.7 Å². The maximum Gasteiger partial charge on any atom is 0.387 e. The largest absolute Gasteiger partial charge is 0.434 e. The number of carbonyl (C=O) groups is 1. The summed E-state index contributed by atoms with van der Waals surface area (Å²) in [6.45, 7) is 4.11. The minimum Gasteiger partial charge on any atom is -0.434 e. The molecule has 2 heterocycles. The molecule has 180 valence electrons. The fourth-order valence-corrected chi connectivity index (χ4v) is 5.47. The molecule has 0 radical (unpaired) electrons. The van der Waals surface area contributed by atoms with Crippen molar-refractivity contribution in [1.29, 1.82) is 0 Å². The number of nitrogens with zero attached hydrogens (tertiary/aromatic N) is 1. The number of hydrogen-bond donors (Lipinski definition) is 1. The van der Waals surface area contributed by atoms with Gasteiger partial charge in [-0.05, 0) is 43.7 Å². The van der Waals surface area contributed by atoms with Crippen LogP contribution in [0.15, 0.2) is 18.2 Å². The van der Waals surface area contributed by atoms with Crippen LogP contribution in [0.3, 0.4) is 0 Å². The fraction of sp³-hybridized carbons (Fsp3) is 0.682. The Labute approximate surface area is 188 Å². The molecule has 7 nitrogen and oxygen atoms in total. The van der Waals surface area contributed by atoms with Gasteiger partial charge in [0.2, 0.25) is 10.0 Å². The van der Waals surface area contributed by atoms with E-state index in [1.165, 1.54) is 22.7 Å². The Morgan fingerprint density at radius 2 is 2.00 bits per heavy atom. The molecule has 5 atom stereocenters. The third kappa shape index (κ3) is 5.96. The number of amides is 1. The van der Waals surface area contributed by atoms with Crippen LogP contribution in [0.5, 0.6) is 5.75 Å². The van der Waals surface area contributed by atoms with Crippen molar-refractivity contribution in [3.8, 4) is 5.75 Å². The number of carbonyl (C=O) groups excluding carboxylic acids is 1. The van der Waals surface area contributed by atoms with Crippen LogP contribution in [0, 0.1) is 24.7 Å². The lowest BCUT2D eigenvalue weighted by Gasteiger charge is -2.44. The molecule has 0 aromatic heterocycles. The van der Waals surface area contributed by atoms with Gasteiger partial charge in [0.25, 0.3) is 5.91 Å².